The molecule has 3 rings (SSSR count). The molecule has 26 heavy (non-hydrogen) atoms. The molecule has 144 valence electrons. The molecule has 0 spiro atoms. The van der Waals surface area contributed by atoms with Gasteiger partial charge >= 0.3 is 5.69 Å². The van der Waals surface area contributed by atoms with Crippen molar-refractivity contribution in [3.05, 3.63) is 26.5 Å². The van der Waals surface area contributed by atoms with Crippen LogP contribution >= 0.6 is 15.9 Å². The summed E-state index contributed by atoms with van der Waals surface area (Å²) in [5.74, 6) is -0.528. The van der Waals surface area contributed by atoms with Gasteiger partial charge in [-0.15, -0.1) is 0 Å². The van der Waals surface area contributed by atoms with Crippen LogP contribution in [0.2, 0.25) is 0 Å². The van der Waals surface area contributed by atoms with Gasteiger partial charge in [-0.25, -0.2) is 4.39 Å². The van der Waals surface area contributed by atoms with E-state index in [1.807, 2.05) is 0 Å². The van der Waals surface area contributed by atoms with Gasteiger partial charge in [0.1, 0.15) is 0 Å². The summed E-state index contributed by atoms with van der Waals surface area (Å²) in [6.45, 7) is 4.25. The monoisotopic (exact) mass is 430 g/mol. The van der Waals surface area contributed by atoms with E-state index in [-0.39, 0.29) is 17.5 Å². The van der Waals surface area contributed by atoms with E-state index in [0.29, 0.717) is 22.6 Å². The number of nitro benzene ring substituents is 1. The van der Waals surface area contributed by atoms with Crippen LogP contribution in [0.3, 0.4) is 0 Å². The summed E-state index contributed by atoms with van der Waals surface area (Å²) >= 11 is 3.36. The second-order valence-electron chi connectivity index (χ2n) is 6.94. The lowest BCUT2D eigenvalue weighted by molar-refractivity contribution is -0.386. The highest BCUT2D eigenvalue weighted by Gasteiger charge is 2.37. The van der Waals surface area contributed by atoms with Gasteiger partial charge < -0.3 is 19.9 Å². The van der Waals surface area contributed by atoms with Crippen LogP contribution in [0.25, 0.3) is 0 Å². The van der Waals surface area contributed by atoms with E-state index in [2.05, 4.69) is 38.1 Å². The second kappa shape index (κ2) is 8.06. The molecule has 2 aliphatic heterocycles. The molecule has 0 amide bonds. The van der Waals surface area contributed by atoms with Crippen LogP contribution in [0.5, 0.6) is 5.75 Å². The van der Waals surface area contributed by atoms with Crippen molar-refractivity contribution in [1.29, 1.82) is 0 Å². The van der Waals surface area contributed by atoms with Gasteiger partial charge in [0.2, 0.25) is 5.75 Å². The standard InChI is InChI=1S/C17H24BrFN4O3/c1-21-7-8-22(14(10-21)11-3-5-20-6-4-11)16-12(18)9-13(23(24)25)17(26-2)15(16)19/h9,11,14,20H,3-8,10H2,1-2H3. The molecule has 0 radical (unpaired) electrons. The average Bonchev–Trinajstić information content (AvgIpc) is 2.63. The Bertz CT molecular complexity index is 684. The number of ether oxygens (including phenoxy) is 1. The smallest absolute Gasteiger partial charge is 0.315 e. The number of anilines is 1. The fourth-order valence-corrected chi connectivity index (χ4v) is 4.65. The maximum atomic E-state index is 15.2. The van der Waals surface area contributed by atoms with Gasteiger partial charge in [0.05, 0.1) is 22.2 Å². The molecule has 1 atom stereocenters. The van der Waals surface area contributed by atoms with Crippen LogP contribution in [0, 0.1) is 21.8 Å². The van der Waals surface area contributed by atoms with Crippen molar-refractivity contribution in [3.8, 4) is 5.75 Å². The van der Waals surface area contributed by atoms with Crippen molar-refractivity contribution in [2.45, 2.75) is 18.9 Å². The first kappa shape index (κ1) is 19.3. The van der Waals surface area contributed by atoms with Gasteiger partial charge in [0.25, 0.3) is 0 Å². The highest BCUT2D eigenvalue weighted by atomic mass is 79.9. The fraction of sp³-hybridized carbons (Fsp3) is 0.647. The summed E-state index contributed by atoms with van der Waals surface area (Å²) in [5, 5.41) is 14.6. The predicted octanol–water partition coefficient (Wildman–Crippen LogP) is 2.63. The highest BCUT2D eigenvalue weighted by molar-refractivity contribution is 9.10. The van der Waals surface area contributed by atoms with Crippen molar-refractivity contribution in [2.75, 3.05) is 51.8 Å². The molecule has 2 aliphatic rings. The second-order valence-corrected chi connectivity index (χ2v) is 7.80. The molecule has 0 aromatic heterocycles. The fourth-order valence-electron chi connectivity index (χ4n) is 4.04. The molecule has 1 N–H and O–H groups in total. The molecule has 0 bridgehead atoms. The molecule has 7 nitrogen and oxygen atoms in total. The van der Waals surface area contributed by atoms with E-state index in [1.54, 1.807) is 0 Å². The molecule has 0 aliphatic carbocycles. The van der Waals surface area contributed by atoms with E-state index in [4.69, 9.17) is 4.74 Å². The zero-order valence-corrected chi connectivity index (χ0v) is 16.6. The minimum atomic E-state index is -0.669. The molecule has 1 aromatic carbocycles. The number of benzene rings is 1. The van der Waals surface area contributed by atoms with Gasteiger partial charge in [-0.05, 0) is 54.8 Å². The van der Waals surface area contributed by atoms with E-state index in [1.165, 1.54) is 13.2 Å². The minimum absolute atomic E-state index is 0.160. The summed E-state index contributed by atoms with van der Waals surface area (Å²) in [5.41, 5.74) is -0.00254. The molecule has 9 heteroatoms. The van der Waals surface area contributed by atoms with Crippen LogP contribution in [0.4, 0.5) is 15.8 Å². The van der Waals surface area contributed by atoms with Gasteiger partial charge in [0.15, 0.2) is 5.82 Å². The normalized spacial score (nSPS) is 22.5. The third-order valence-corrected chi connectivity index (χ3v) is 5.97. The predicted molar refractivity (Wildman–Crippen MR) is 102 cm³/mol. The Morgan fingerprint density at radius 3 is 2.69 bits per heavy atom. The number of piperidine rings is 1. The van der Waals surface area contributed by atoms with Gasteiger partial charge in [-0.3, -0.25) is 10.1 Å². The molecule has 1 aromatic rings. The van der Waals surface area contributed by atoms with Crippen molar-refractivity contribution in [3.63, 3.8) is 0 Å². The molecule has 2 fully saturated rings. The van der Waals surface area contributed by atoms with Crippen LogP contribution in [-0.4, -0.2) is 62.7 Å². The van der Waals surface area contributed by atoms with Crippen LogP contribution in [0.1, 0.15) is 12.8 Å². The summed E-state index contributed by atoms with van der Waals surface area (Å²) < 4.78 is 20.7. The van der Waals surface area contributed by atoms with Crippen LogP contribution in [-0.2, 0) is 0 Å². The topological polar surface area (TPSA) is 70.9 Å². The van der Waals surface area contributed by atoms with Crippen molar-refractivity contribution >= 4 is 27.3 Å². The zero-order valence-electron chi connectivity index (χ0n) is 15.0. The van der Waals surface area contributed by atoms with Crippen molar-refractivity contribution in [1.82, 2.24) is 10.2 Å². The molecular formula is C17H24BrFN4O3. The highest BCUT2D eigenvalue weighted by Crippen LogP contribution is 2.43. The first-order chi connectivity index (χ1) is 12.4. The number of piperazine rings is 1. The number of hydrogen-bond donors (Lipinski definition) is 1. The number of nitrogens with one attached hydrogen (secondary N) is 1. The Morgan fingerprint density at radius 1 is 1.38 bits per heavy atom. The van der Waals surface area contributed by atoms with Gasteiger partial charge in [-0.1, -0.05) is 0 Å². The molecule has 2 saturated heterocycles. The third-order valence-electron chi connectivity index (χ3n) is 5.37. The lowest BCUT2D eigenvalue weighted by atomic mass is 9.87. The third kappa shape index (κ3) is 3.65. The SMILES string of the molecule is COc1c([N+](=O)[O-])cc(Br)c(N2CCN(C)CC2C2CCNCC2)c1F. The first-order valence-corrected chi connectivity index (χ1v) is 9.59. The molecule has 0 saturated carbocycles. The number of nitrogens with zero attached hydrogens (tertiary/aromatic N) is 3. The Kier molecular flexibility index (Phi) is 5.99. The largest absolute Gasteiger partial charge is 0.488 e. The average molecular weight is 431 g/mol. The molecular weight excluding hydrogens is 407 g/mol. The molecule has 1 unspecified atom stereocenters. The van der Waals surface area contributed by atoms with E-state index in [0.717, 1.165) is 39.0 Å². The van der Waals surface area contributed by atoms with Crippen LogP contribution < -0.4 is 15.0 Å². The lowest BCUT2D eigenvalue weighted by Crippen LogP contribution is -2.56. The van der Waals surface area contributed by atoms with Gasteiger partial charge in [0, 0.05) is 31.7 Å². The number of nitro groups is 1. The number of hydrogen-bond acceptors (Lipinski definition) is 6. The number of rotatable bonds is 4. The summed E-state index contributed by atoms with van der Waals surface area (Å²) in [7, 11) is 3.34. The maximum absolute atomic E-state index is 15.2. The minimum Gasteiger partial charge on any atom is -0.488 e. The lowest BCUT2D eigenvalue weighted by Gasteiger charge is -2.46. The Balaban J connectivity index is 2.03. The molecule has 2 heterocycles. The summed E-state index contributed by atoms with van der Waals surface area (Å²) in [6, 6.07) is 1.50. The van der Waals surface area contributed by atoms with E-state index >= 15 is 4.39 Å². The number of methoxy groups -OCH3 is 1. The van der Waals surface area contributed by atoms with E-state index < -0.39 is 10.7 Å². The van der Waals surface area contributed by atoms with E-state index in [9.17, 15) is 10.1 Å². The Hall–Kier alpha value is -1.45. The quantitative estimate of drug-likeness (QED) is 0.584. The summed E-state index contributed by atoms with van der Waals surface area (Å²) in [6.07, 6.45) is 2.08. The first-order valence-electron chi connectivity index (χ1n) is 8.80. The Labute approximate surface area is 160 Å². The maximum Gasteiger partial charge on any atom is 0.315 e. The van der Waals surface area contributed by atoms with Gasteiger partial charge in [-0.2, -0.15) is 0 Å². The number of likely N-dealkylation sites (N-methyl/N-ethyl adjacent to an activating group) is 1. The number of halogens is 2. The van der Waals surface area contributed by atoms with Crippen molar-refractivity contribution < 1.29 is 14.1 Å². The van der Waals surface area contributed by atoms with Crippen molar-refractivity contribution in [2.24, 2.45) is 5.92 Å². The zero-order chi connectivity index (χ0) is 18.8. The van der Waals surface area contributed by atoms with Crippen LogP contribution in [0.15, 0.2) is 10.5 Å². The Morgan fingerprint density at radius 2 is 2.08 bits per heavy atom. The summed E-state index contributed by atoms with van der Waals surface area (Å²) in [4.78, 5) is 15.0.